The van der Waals surface area contributed by atoms with Gasteiger partial charge in [-0.15, -0.1) is 0 Å². The van der Waals surface area contributed by atoms with E-state index in [0.29, 0.717) is 17.9 Å². The summed E-state index contributed by atoms with van der Waals surface area (Å²) in [4.78, 5) is 0. The van der Waals surface area contributed by atoms with Gasteiger partial charge in [-0.25, -0.2) is 4.39 Å². The lowest BCUT2D eigenvalue weighted by Gasteiger charge is -2.07. The van der Waals surface area contributed by atoms with E-state index < -0.39 is 0 Å². The van der Waals surface area contributed by atoms with Crippen molar-refractivity contribution < 1.29 is 9.13 Å². The Balaban J connectivity index is 2.11. The first-order valence-electron chi connectivity index (χ1n) is 7.39. The molecule has 108 valence electrons. The number of hydrogen-bond acceptors (Lipinski definition) is 2. The Hall–Kier alpha value is -1.09. The number of unbranched alkanes of at least 4 members (excludes halogenated alkanes) is 6. The third-order valence-corrected chi connectivity index (χ3v) is 3.26. The second-order valence-corrected chi connectivity index (χ2v) is 4.93. The molecule has 0 bridgehead atoms. The minimum Gasteiger partial charge on any atom is -0.493 e. The molecule has 0 spiro atoms. The van der Waals surface area contributed by atoms with Crippen LogP contribution in [0.4, 0.5) is 4.39 Å². The van der Waals surface area contributed by atoms with E-state index in [2.05, 4.69) is 6.92 Å². The first-order valence-corrected chi connectivity index (χ1v) is 7.39. The molecule has 0 unspecified atom stereocenters. The Kier molecular flexibility index (Phi) is 8.23. The summed E-state index contributed by atoms with van der Waals surface area (Å²) in [6.45, 7) is 3.11. The quantitative estimate of drug-likeness (QED) is 0.637. The van der Waals surface area contributed by atoms with Gasteiger partial charge in [0.2, 0.25) is 0 Å². The van der Waals surface area contributed by atoms with Crippen molar-refractivity contribution in [3.8, 4) is 5.75 Å². The fraction of sp³-hybridized carbons (Fsp3) is 0.625. The third kappa shape index (κ3) is 6.58. The van der Waals surface area contributed by atoms with Crippen molar-refractivity contribution in [2.75, 3.05) is 6.61 Å². The lowest BCUT2D eigenvalue weighted by atomic mass is 10.1. The van der Waals surface area contributed by atoms with E-state index in [9.17, 15) is 4.39 Å². The molecular formula is C16H26FNO. The maximum atomic E-state index is 13.4. The lowest BCUT2D eigenvalue weighted by molar-refractivity contribution is 0.302. The number of hydrogen-bond donors (Lipinski definition) is 1. The average Bonchev–Trinajstić information content (AvgIpc) is 2.42. The summed E-state index contributed by atoms with van der Waals surface area (Å²) in [7, 11) is 0. The average molecular weight is 267 g/mol. The van der Waals surface area contributed by atoms with Crippen LogP contribution in [0.15, 0.2) is 18.2 Å². The molecule has 0 aliphatic heterocycles. The van der Waals surface area contributed by atoms with Crippen LogP contribution in [0.1, 0.15) is 57.4 Å². The maximum absolute atomic E-state index is 13.4. The van der Waals surface area contributed by atoms with Crippen LogP contribution in [0.5, 0.6) is 5.75 Å². The Morgan fingerprint density at radius 1 is 1.05 bits per heavy atom. The summed E-state index contributed by atoms with van der Waals surface area (Å²) < 4.78 is 19.0. The van der Waals surface area contributed by atoms with E-state index in [1.165, 1.54) is 44.6 Å². The maximum Gasteiger partial charge on any atom is 0.131 e. The van der Waals surface area contributed by atoms with E-state index in [0.717, 1.165) is 6.42 Å². The highest BCUT2D eigenvalue weighted by Crippen LogP contribution is 2.17. The van der Waals surface area contributed by atoms with Crippen molar-refractivity contribution in [1.29, 1.82) is 0 Å². The summed E-state index contributed by atoms with van der Waals surface area (Å²) in [6, 6.07) is 4.89. The lowest BCUT2D eigenvalue weighted by Crippen LogP contribution is -2.02. The van der Waals surface area contributed by atoms with Crippen LogP contribution < -0.4 is 10.5 Å². The second-order valence-electron chi connectivity index (χ2n) is 4.93. The van der Waals surface area contributed by atoms with Crippen molar-refractivity contribution in [3.63, 3.8) is 0 Å². The molecule has 0 aliphatic carbocycles. The highest BCUT2D eigenvalue weighted by Gasteiger charge is 2.02. The standard InChI is InChI=1S/C16H26FNO/c1-2-3-4-5-6-7-8-11-19-15-10-9-14(13-18)16(17)12-15/h9-10,12H,2-8,11,13,18H2,1H3. The van der Waals surface area contributed by atoms with Gasteiger partial charge in [0.1, 0.15) is 11.6 Å². The predicted octanol–water partition coefficient (Wildman–Crippen LogP) is 4.41. The van der Waals surface area contributed by atoms with Crippen LogP contribution in [-0.2, 0) is 6.54 Å². The third-order valence-electron chi connectivity index (χ3n) is 3.26. The first kappa shape index (κ1) is 16.0. The summed E-state index contributed by atoms with van der Waals surface area (Å²) in [5, 5.41) is 0. The molecule has 0 saturated heterocycles. The van der Waals surface area contributed by atoms with Crippen molar-refractivity contribution in [2.24, 2.45) is 5.73 Å². The number of ether oxygens (including phenoxy) is 1. The summed E-state index contributed by atoms with van der Waals surface area (Å²) in [5.41, 5.74) is 5.94. The molecule has 0 fully saturated rings. The van der Waals surface area contributed by atoms with E-state index in [1.807, 2.05) is 0 Å². The molecule has 0 aliphatic rings. The molecule has 1 rings (SSSR count). The van der Waals surface area contributed by atoms with Gasteiger partial charge in [-0.3, -0.25) is 0 Å². The highest BCUT2D eigenvalue weighted by molar-refractivity contribution is 5.28. The molecule has 1 aromatic carbocycles. The fourth-order valence-corrected chi connectivity index (χ4v) is 2.03. The molecule has 3 heteroatoms. The van der Waals surface area contributed by atoms with Crippen LogP contribution in [0.25, 0.3) is 0 Å². The van der Waals surface area contributed by atoms with Crippen molar-refractivity contribution >= 4 is 0 Å². The van der Waals surface area contributed by atoms with E-state index >= 15 is 0 Å². The van der Waals surface area contributed by atoms with E-state index in [1.54, 1.807) is 12.1 Å². The van der Waals surface area contributed by atoms with Crippen molar-refractivity contribution in [2.45, 2.75) is 58.4 Å². The Morgan fingerprint density at radius 3 is 2.37 bits per heavy atom. The number of halogens is 1. The van der Waals surface area contributed by atoms with Gasteiger partial charge in [0.15, 0.2) is 0 Å². The Bertz CT molecular complexity index is 355. The molecule has 19 heavy (non-hydrogen) atoms. The van der Waals surface area contributed by atoms with Crippen LogP contribution >= 0.6 is 0 Å². The zero-order valence-electron chi connectivity index (χ0n) is 12.0. The molecule has 2 N–H and O–H groups in total. The van der Waals surface area contributed by atoms with Gasteiger partial charge in [-0.05, 0) is 12.5 Å². The van der Waals surface area contributed by atoms with Gasteiger partial charge in [-0.2, -0.15) is 0 Å². The second kappa shape index (κ2) is 9.79. The minimum atomic E-state index is -0.278. The van der Waals surface area contributed by atoms with Crippen LogP contribution in [0.2, 0.25) is 0 Å². The molecule has 0 heterocycles. The van der Waals surface area contributed by atoms with Gasteiger partial charge in [-0.1, -0.05) is 51.5 Å². The van der Waals surface area contributed by atoms with Crippen molar-refractivity contribution in [1.82, 2.24) is 0 Å². The molecule has 0 atom stereocenters. The van der Waals surface area contributed by atoms with E-state index in [4.69, 9.17) is 10.5 Å². The van der Waals surface area contributed by atoms with Crippen LogP contribution in [-0.4, -0.2) is 6.61 Å². The highest BCUT2D eigenvalue weighted by atomic mass is 19.1. The molecule has 2 nitrogen and oxygen atoms in total. The number of nitrogens with two attached hydrogens (primary N) is 1. The number of rotatable bonds is 10. The van der Waals surface area contributed by atoms with Gasteiger partial charge in [0.05, 0.1) is 6.61 Å². The Labute approximate surface area is 116 Å². The molecule has 0 aromatic heterocycles. The van der Waals surface area contributed by atoms with Crippen molar-refractivity contribution in [3.05, 3.63) is 29.6 Å². The minimum absolute atomic E-state index is 0.226. The SMILES string of the molecule is CCCCCCCCCOc1ccc(CN)c(F)c1. The van der Waals surface area contributed by atoms with Gasteiger partial charge >= 0.3 is 0 Å². The van der Waals surface area contributed by atoms with E-state index in [-0.39, 0.29) is 12.4 Å². The molecule has 1 aromatic rings. The molecule has 0 amide bonds. The summed E-state index contributed by atoms with van der Waals surface area (Å²) in [5.74, 6) is 0.320. The first-order chi connectivity index (χ1) is 9.27. The fourth-order valence-electron chi connectivity index (χ4n) is 2.03. The van der Waals surface area contributed by atoms with Crippen LogP contribution in [0, 0.1) is 5.82 Å². The molecule has 0 radical (unpaired) electrons. The summed E-state index contributed by atoms with van der Waals surface area (Å²) in [6.07, 6.45) is 8.76. The zero-order chi connectivity index (χ0) is 13.9. The van der Waals surface area contributed by atoms with Crippen LogP contribution in [0.3, 0.4) is 0 Å². The molecular weight excluding hydrogens is 241 g/mol. The smallest absolute Gasteiger partial charge is 0.131 e. The van der Waals surface area contributed by atoms with Gasteiger partial charge in [0, 0.05) is 18.2 Å². The predicted molar refractivity (Wildman–Crippen MR) is 77.8 cm³/mol. The monoisotopic (exact) mass is 267 g/mol. The van der Waals surface area contributed by atoms with Gasteiger partial charge < -0.3 is 10.5 Å². The molecule has 0 saturated carbocycles. The summed E-state index contributed by atoms with van der Waals surface area (Å²) >= 11 is 0. The topological polar surface area (TPSA) is 35.2 Å². The zero-order valence-corrected chi connectivity index (χ0v) is 12.0. The Morgan fingerprint density at radius 2 is 1.74 bits per heavy atom. The largest absolute Gasteiger partial charge is 0.493 e. The number of benzene rings is 1. The van der Waals surface area contributed by atoms with Gasteiger partial charge in [0.25, 0.3) is 0 Å². The normalized spacial score (nSPS) is 10.7.